The number of nitrogens with zero attached hydrogens (tertiary/aromatic N) is 5. The van der Waals surface area contributed by atoms with E-state index in [0.717, 1.165) is 17.8 Å². The Bertz CT molecular complexity index is 1620. The highest BCUT2D eigenvalue weighted by molar-refractivity contribution is 6.31. The first-order chi connectivity index (χ1) is 20.4. The maximum atomic E-state index is 13.2. The van der Waals surface area contributed by atoms with Crippen LogP contribution in [-0.4, -0.2) is 84.8 Å². The molecule has 5 rings (SSSR count). The fourth-order valence-electron chi connectivity index (χ4n) is 5.32. The summed E-state index contributed by atoms with van der Waals surface area (Å²) >= 11 is 6.41. The van der Waals surface area contributed by atoms with E-state index in [1.165, 1.54) is 13.3 Å². The number of amides is 2. The van der Waals surface area contributed by atoms with E-state index in [1.54, 1.807) is 37.3 Å². The highest BCUT2D eigenvalue weighted by Crippen LogP contribution is 2.43. The van der Waals surface area contributed by atoms with E-state index in [9.17, 15) is 9.59 Å². The molecule has 1 saturated heterocycles. The summed E-state index contributed by atoms with van der Waals surface area (Å²) in [5.74, 6) is 0.510. The summed E-state index contributed by atoms with van der Waals surface area (Å²) in [5, 5.41) is 3.31. The molecule has 43 heavy (non-hydrogen) atoms. The third-order valence-corrected chi connectivity index (χ3v) is 8.37. The smallest absolute Gasteiger partial charge is 0.277 e. The number of ether oxygens (including phenoxy) is 3. The number of benzene rings is 2. The van der Waals surface area contributed by atoms with E-state index in [4.69, 9.17) is 25.8 Å². The Morgan fingerprint density at radius 1 is 1.19 bits per heavy atom. The molecule has 2 aromatic carbocycles. The number of hydrogen-bond acceptors (Lipinski definition) is 9. The average molecular weight is 607 g/mol. The predicted octanol–water partition coefficient (Wildman–Crippen LogP) is 5.24. The first-order valence-corrected chi connectivity index (χ1v) is 14.2. The Morgan fingerprint density at radius 2 is 1.95 bits per heavy atom. The van der Waals surface area contributed by atoms with Crippen molar-refractivity contribution in [1.29, 1.82) is 0 Å². The lowest BCUT2D eigenvalue weighted by atomic mass is 9.94. The predicted molar refractivity (Wildman–Crippen MR) is 164 cm³/mol. The Hall–Kier alpha value is -4.06. The van der Waals surface area contributed by atoms with Gasteiger partial charge < -0.3 is 29.3 Å². The standard InChI is InChI=1S/C31H35ClN6O5/c1-17-13-22(24(41-6)14-18(17)27(39)34-21-11-12-37(4)16-25(21)42-7)35-30-33-15-20(32)28(36-30)43-23-10-8-9-19-26(23)29(40)38(5)31(19,2)3/h8-10,13-15,25H,11-12,16H2,1-7H3,(H,33,35,36)/t25-/m1/s1. The molecule has 2 amide bonds. The van der Waals surface area contributed by atoms with Gasteiger partial charge in [-0.2, -0.15) is 4.98 Å². The van der Waals surface area contributed by atoms with Crippen LogP contribution in [-0.2, 0) is 10.3 Å². The third-order valence-electron chi connectivity index (χ3n) is 8.11. The number of rotatable bonds is 7. The first kappa shape index (κ1) is 30.4. The molecule has 0 bridgehead atoms. The van der Waals surface area contributed by atoms with Gasteiger partial charge in [0.15, 0.2) is 0 Å². The van der Waals surface area contributed by atoms with Crippen LogP contribution in [0.15, 0.2) is 41.5 Å². The monoisotopic (exact) mass is 606 g/mol. The van der Waals surface area contributed by atoms with Crippen molar-refractivity contribution in [3.05, 3.63) is 63.8 Å². The number of carbonyl (C=O) groups is 2. The number of aromatic nitrogens is 2. The van der Waals surface area contributed by atoms with Crippen LogP contribution in [0.5, 0.6) is 17.4 Å². The normalized spacial score (nSPS) is 19.0. The van der Waals surface area contributed by atoms with E-state index < -0.39 is 5.54 Å². The van der Waals surface area contributed by atoms with Crippen LogP contribution in [0.3, 0.4) is 0 Å². The third kappa shape index (κ3) is 5.80. The molecule has 1 atom stereocenters. The summed E-state index contributed by atoms with van der Waals surface area (Å²) in [6.07, 6.45) is 1.84. The number of carbonyl (C=O) groups excluding carboxylic acids is 2. The molecular formula is C31H35ClN6O5. The number of nitrogens with one attached hydrogen (secondary N) is 1. The maximum Gasteiger partial charge on any atom is 0.277 e. The van der Waals surface area contributed by atoms with Crippen LogP contribution in [0, 0.1) is 6.92 Å². The number of aliphatic imine (C=N–C) groups is 1. The van der Waals surface area contributed by atoms with Crippen LogP contribution in [0.1, 0.15) is 52.1 Å². The highest BCUT2D eigenvalue weighted by Gasteiger charge is 2.42. The van der Waals surface area contributed by atoms with Gasteiger partial charge in [0, 0.05) is 39.2 Å². The van der Waals surface area contributed by atoms with Crippen LogP contribution in [0.2, 0.25) is 5.02 Å². The van der Waals surface area contributed by atoms with Crippen molar-refractivity contribution < 1.29 is 23.8 Å². The zero-order chi connectivity index (χ0) is 31.1. The van der Waals surface area contributed by atoms with Crippen molar-refractivity contribution in [3.63, 3.8) is 0 Å². The molecule has 3 aromatic rings. The fourth-order valence-corrected chi connectivity index (χ4v) is 5.45. The van der Waals surface area contributed by atoms with Gasteiger partial charge in [0.25, 0.3) is 11.8 Å². The molecule has 0 aliphatic carbocycles. The molecule has 0 saturated carbocycles. The van der Waals surface area contributed by atoms with Gasteiger partial charge in [0.2, 0.25) is 11.8 Å². The molecule has 0 unspecified atom stereocenters. The lowest BCUT2D eigenvalue weighted by Gasteiger charge is -2.30. The second-order valence-electron chi connectivity index (χ2n) is 11.2. The lowest BCUT2D eigenvalue weighted by Crippen LogP contribution is -2.43. The van der Waals surface area contributed by atoms with Gasteiger partial charge in [0.05, 0.1) is 35.8 Å². The second kappa shape index (κ2) is 11.9. The van der Waals surface area contributed by atoms with Gasteiger partial charge in [-0.3, -0.25) is 9.59 Å². The Kier molecular flexibility index (Phi) is 8.42. The molecule has 1 aromatic heterocycles. The molecule has 11 nitrogen and oxygen atoms in total. The van der Waals surface area contributed by atoms with Gasteiger partial charge in [0.1, 0.15) is 22.6 Å². The van der Waals surface area contributed by atoms with Gasteiger partial charge in [-0.1, -0.05) is 23.7 Å². The number of likely N-dealkylation sites (N-methyl/N-ethyl adjacent to an activating group) is 1. The molecule has 12 heteroatoms. The summed E-state index contributed by atoms with van der Waals surface area (Å²) in [6, 6.07) is 8.87. The molecule has 1 fully saturated rings. The quantitative estimate of drug-likeness (QED) is 0.385. The second-order valence-corrected chi connectivity index (χ2v) is 11.6. The largest absolute Gasteiger partial charge is 0.495 e. The minimum atomic E-state index is -0.486. The van der Waals surface area contributed by atoms with Gasteiger partial charge >= 0.3 is 0 Å². The Balaban J connectivity index is 1.41. The summed E-state index contributed by atoms with van der Waals surface area (Å²) in [7, 11) is 6.91. The number of piperidine rings is 1. The molecule has 2 aliphatic heterocycles. The van der Waals surface area contributed by atoms with Crippen molar-refractivity contribution >= 4 is 40.8 Å². The summed E-state index contributed by atoms with van der Waals surface area (Å²) in [5.41, 5.74) is 3.21. The number of hydrogen-bond donors (Lipinski definition) is 1. The van der Waals surface area contributed by atoms with E-state index >= 15 is 0 Å². The van der Waals surface area contributed by atoms with Gasteiger partial charge in [-0.05, 0) is 57.1 Å². The van der Waals surface area contributed by atoms with Gasteiger partial charge in [-0.25, -0.2) is 9.98 Å². The number of likely N-dealkylation sites (tertiary alicyclic amines) is 1. The molecule has 1 N–H and O–H groups in total. The summed E-state index contributed by atoms with van der Waals surface area (Å²) in [6.45, 7) is 7.27. The average Bonchev–Trinajstić information content (AvgIpc) is 3.16. The Labute approximate surface area is 255 Å². The van der Waals surface area contributed by atoms with Crippen molar-refractivity contribution in [3.8, 4) is 17.4 Å². The highest BCUT2D eigenvalue weighted by atomic mass is 35.5. The Morgan fingerprint density at radius 3 is 2.67 bits per heavy atom. The molecule has 0 radical (unpaired) electrons. The van der Waals surface area contributed by atoms with Crippen LogP contribution < -0.4 is 14.8 Å². The number of fused-ring (bicyclic) bond motifs is 1. The van der Waals surface area contributed by atoms with Crippen LogP contribution in [0.4, 0.5) is 11.6 Å². The SMILES string of the molecule is COc1cc(C(=O)N=C2CCN(C)C[C@H]2OC)c(C)cc1Nc1ncc(Cl)c(Oc2cccc3c2C(=O)N(C)C3(C)C)n1. The van der Waals surface area contributed by atoms with Crippen LogP contribution >= 0.6 is 11.6 Å². The molecule has 2 aliphatic rings. The minimum absolute atomic E-state index is 0.0804. The maximum absolute atomic E-state index is 13.2. The zero-order valence-corrected chi connectivity index (χ0v) is 26.1. The number of halogens is 1. The fraction of sp³-hybridized carbons (Fsp3) is 0.387. The summed E-state index contributed by atoms with van der Waals surface area (Å²) in [4.78, 5) is 43.3. The molecule has 3 heterocycles. The summed E-state index contributed by atoms with van der Waals surface area (Å²) < 4.78 is 17.3. The molecular weight excluding hydrogens is 572 g/mol. The van der Waals surface area contributed by atoms with Gasteiger partial charge in [-0.15, -0.1) is 0 Å². The zero-order valence-electron chi connectivity index (χ0n) is 25.3. The van der Waals surface area contributed by atoms with E-state index in [1.807, 2.05) is 40.0 Å². The van der Waals surface area contributed by atoms with Crippen molar-refractivity contribution in [2.45, 2.75) is 38.8 Å². The molecule has 226 valence electrons. The number of methoxy groups -OCH3 is 2. The van der Waals surface area contributed by atoms with E-state index in [0.29, 0.717) is 46.8 Å². The van der Waals surface area contributed by atoms with E-state index in [-0.39, 0.29) is 34.8 Å². The van der Waals surface area contributed by atoms with Crippen molar-refractivity contribution in [2.24, 2.45) is 4.99 Å². The lowest BCUT2D eigenvalue weighted by molar-refractivity contribution is 0.0689. The van der Waals surface area contributed by atoms with Crippen LogP contribution in [0.25, 0.3) is 0 Å². The van der Waals surface area contributed by atoms with Crippen molar-refractivity contribution in [2.75, 3.05) is 46.7 Å². The molecule has 0 spiro atoms. The first-order valence-electron chi connectivity index (χ1n) is 13.9. The topological polar surface area (TPSA) is 118 Å². The minimum Gasteiger partial charge on any atom is -0.495 e. The number of anilines is 2. The van der Waals surface area contributed by atoms with Crippen molar-refractivity contribution in [1.82, 2.24) is 19.8 Å². The van der Waals surface area contributed by atoms with E-state index in [2.05, 4.69) is 25.2 Å². The number of aryl methyl sites for hydroxylation is 1.